The van der Waals surface area contributed by atoms with Crippen molar-refractivity contribution in [1.29, 1.82) is 0 Å². The second-order valence-corrected chi connectivity index (χ2v) is 6.48. The van der Waals surface area contributed by atoms with Crippen molar-refractivity contribution in [2.75, 3.05) is 7.11 Å². The van der Waals surface area contributed by atoms with E-state index in [0.717, 1.165) is 29.0 Å². The Hall–Kier alpha value is -1.67. The van der Waals surface area contributed by atoms with Crippen LogP contribution in [0.4, 0.5) is 0 Å². The fourth-order valence-corrected chi connectivity index (χ4v) is 3.05. The topological polar surface area (TPSA) is 18.5 Å². The maximum atomic E-state index is 6.64. The Morgan fingerprint density at radius 2 is 1.90 bits per heavy atom. The maximum Gasteiger partial charge on any atom is 0.123 e. The molecule has 21 heavy (non-hydrogen) atoms. The molecule has 0 bridgehead atoms. The third kappa shape index (κ3) is 2.86. The minimum absolute atomic E-state index is 0.126. The summed E-state index contributed by atoms with van der Waals surface area (Å²) in [6, 6.07) is 14.1. The first kappa shape index (κ1) is 14.3. The zero-order chi connectivity index (χ0) is 15.0. The number of fused-ring (bicyclic) bond motifs is 1. The monoisotopic (exact) mass is 302 g/mol. The van der Waals surface area contributed by atoms with Gasteiger partial charge < -0.3 is 9.47 Å². The van der Waals surface area contributed by atoms with E-state index in [1.807, 2.05) is 36.4 Å². The van der Waals surface area contributed by atoms with Gasteiger partial charge in [-0.05, 0) is 48.7 Å². The van der Waals surface area contributed by atoms with Gasteiger partial charge in [0.1, 0.15) is 17.1 Å². The lowest BCUT2D eigenvalue weighted by atomic mass is 9.97. The van der Waals surface area contributed by atoms with Crippen molar-refractivity contribution in [3.63, 3.8) is 0 Å². The van der Waals surface area contributed by atoms with Crippen molar-refractivity contribution >= 4 is 11.6 Å². The van der Waals surface area contributed by atoms with Gasteiger partial charge in [-0.1, -0.05) is 24.3 Å². The first-order valence-corrected chi connectivity index (χ1v) is 7.52. The Labute approximate surface area is 130 Å². The Bertz CT molecular complexity index is 664. The summed E-state index contributed by atoms with van der Waals surface area (Å²) >= 11 is 6.64. The fourth-order valence-electron chi connectivity index (χ4n) is 2.78. The number of ether oxygens (including phenoxy) is 2. The second-order valence-electron chi connectivity index (χ2n) is 6.04. The number of hydrogen-bond acceptors (Lipinski definition) is 2. The molecular weight excluding hydrogens is 284 g/mol. The van der Waals surface area contributed by atoms with E-state index in [9.17, 15) is 0 Å². The van der Waals surface area contributed by atoms with Crippen LogP contribution in [-0.2, 0) is 6.42 Å². The summed E-state index contributed by atoms with van der Waals surface area (Å²) in [6.45, 7) is 4.21. The molecule has 0 saturated carbocycles. The van der Waals surface area contributed by atoms with Gasteiger partial charge in [0.15, 0.2) is 0 Å². The molecular formula is C18H19ClO2. The molecule has 0 aliphatic carbocycles. The van der Waals surface area contributed by atoms with E-state index < -0.39 is 0 Å². The quantitative estimate of drug-likeness (QED) is 0.763. The molecule has 1 unspecified atom stereocenters. The smallest absolute Gasteiger partial charge is 0.123 e. The lowest BCUT2D eigenvalue weighted by Gasteiger charge is -2.16. The minimum Gasteiger partial charge on any atom is -0.497 e. The van der Waals surface area contributed by atoms with Crippen molar-refractivity contribution in [3.05, 3.63) is 59.2 Å². The normalized spacial score (nSPS) is 17.0. The third-order valence-corrected chi connectivity index (χ3v) is 4.27. The average Bonchev–Trinajstić information content (AvgIpc) is 2.79. The summed E-state index contributed by atoms with van der Waals surface area (Å²) in [5.74, 6) is 1.79. The molecule has 2 aromatic rings. The van der Waals surface area contributed by atoms with Gasteiger partial charge in [0.25, 0.3) is 0 Å². The van der Waals surface area contributed by atoms with Gasteiger partial charge in [-0.2, -0.15) is 0 Å². The largest absolute Gasteiger partial charge is 0.497 e. The van der Waals surface area contributed by atoms with Crippen molar-refractivity contribution < 1.29 is 9.47 Å². The van der Waals surface area contributed by atoms with Gasteiger partial charge in [0.2, 0.25) is 0 Å². The molecule has 1 heterocycles. The van der Waals surface area contributed by atoms with Crippen LogP contribution in [0.5, 0.6) is 11.5 Å². The van der Waals surface area contributed by atoms with E-state index in [2.05, 4.69) is 19.9 Å². The average molecular weight is 303 g/mol. The Kier molecular flexibility index (Phi) is 3.58. The molecule has 1 aliphatic heterocycles. The van der Waals surface area contributed by atoms with E-state index in [4.69, 9.17) is 21.1 Å². The van der Waals surface area contributed by atoms with E-state index in [-0.39, 0.29) is 11.0 Å². The lowest BCUT2D eigenvalue weighted by molar-refractivity contribution is 0.138. The van der Waals surface area contributed by atoms with Crippen molar-refractivity contribution in [1.82, 2.24) is 0 Å². The molecule has 0 saturated heterocycles. The van der Waals surface area contributed by atoms with Gasteiger partial charge >= 0.3 is 0 Å². The summed E-state index contributed by atoms with van der Waals surface area (Å²) < 4.78 is 11.2. The van der Waals surface area contributed by atoms with Crippen LogP contribution >= 0.6 is 11.6 Å². The summed E-state index contributed by atoms with van der Waals surface area (Å²) in [5.41, 5.74) is 3.23. The van der Waals surface area contributed by atoms with Crippen LogP contribution in [0.1, 0.15) is 35.9 Å². The van der Waals surface area contributed by atoms with Gasteiger partial charge in [0.05, 0.1) is 12.5 Å². The highest BCUT2D eigenvalue weighted by molar-refractivity contribution is 6.22. The fraction of sp³-hybridized carbons (Fsp3) is 0.333. The molecule has 3 rings (SSSR count). The molecule has 1 atom stereocenters. The first-order chi connectivity index (χ1) is 9.98. The van der Waals surface area contributed by atoms with E-state index in [1.54, 1.807) is 7.11 Å². The minimum atomic E-state index is -0.186. The highest BCUT2D eigenvalue weighted by Crippen LogP contribution is 2.39. The SMILES string of the molecule is COc1cccc(C(Cl)c2ccc3c(c2)CC(C)(C)O3)c1. The molecule has 0 fully saturated rings. The maximum absolute atomic E-state index is 6.64. The number of benzene rings is 2. The molecule has 0 spiro atoms. The molecule has 2 nitrogen and oxygen atoms in total. The van der Waals surface area contributed by atoms with Crippen LogP contribution < -0.4 is 9.47 Å². The van der Waals surface area contributed by atoms with Gasteiger partial charge in [-0.15, -0.1) is 11.6 Å². The lowest BCUT2D eigenvalue weighted by Crippen LogP contribution is -2.24. The molecule has 0 amide bonds. The molecule has 1 aliphatic rings. The van der Waals surface area contributed by atoms with Crippen molar-refractivity contribution in [2.45, 2.75) is 31.2 Å². The first-order valence-electron chi connectivity index (χ1n) is 7.08. The van der Waals surface area contributed by atoms with Crippen LogP contribution in [0.15, 0.2) is 42.5 Å². The zero-order valence-corrected chi connectivity index (χ0v) is 13.3. The predicted molar refractivity (Wildman–Crippen MR) is 85.5 cm³/mol. The van der Waals surface area contributed by atoms with Crippen molar-refractivity contribution in [2.24, 2.45) is 0 Å². The number of rotatable bonds is 3. The molecule has 3 heteroatoms. The second kappa shape index (κ2) is 5.27. The highest BCUT2D eigenvalue weighted by Gasteiger charge is 2.30. The molecule has 0 N–H and O–H groups in total. The van der Waals surface area contributed by atoms with Crippen LogP contribution in [0, 0.1) is 0 Å². The molecule has 0 radical (unpaired) electrons. The summed E-state index contributed by atoms with van der Waals surface area (Å²) in [6.07, 6.45) is 0.915. The zero-order valence-electron chi connectivity index (χ0n) is 12.5. The van der Waals surface area contributed by atoms with Gasteiger partial charge in [-0.25, -0.2) is 0 Å². The molecule has 2 aromatic carbocycles. The van der Waals surface area contributed by atoms with Gasteiger partial charge in [0, 0.05) is 6.42 Å². The van der Waals surface area contributed by atoms with E-state index >= 15 is 0 Å². The summed E-state index contributed by atoms with van der Waals surface area (Å²) in [5, 5.41) is -0.186. The Balaban J connectivity index is 1.91. The standard InChI is InChI=1S/C18H19ClO2/c1-18(2)11-14-9-13(7-8-16(14)21-18)17(19)12-5-4-6-15(10-12)20-3/h4-10,17H,11H2,1-3H3. The predicted octanol–water partition coefficient (Wildman–Crippen LogP) is 4.74. The van der Waals surface area contributed by atoms with Crippen LogP contribution in [0.2, 0.25) is 0 Å². The number of alkyl halides is 1. The van der Waals surface area contributed by atoms with Crippen molar-refractivity contribution in [3.8, 4) is 11.5 Å². The Morgan fingerprint density at radius 3 is 2.67 bits per heavy atom. The van der Waals surface area contributed by atoms with E-state index in [1.165, 1.54) is 5.56 Å². The van der Waals surface area contributed by atoms with Crippen LogP contribution in [0.3, 0.4) is 0 Å². The number of methoxy groups -OCH3 is 1. The third-order valence-electron chi connectivity index (χ3n) is 3.77. The van der Waals surface area contributed by atoms with Crippen LogP contribution in [0.25, 0.3) is 0 Å². The number of halogens is 1. The Morgan fingerprint density at radius 1 is 1.14 bits per heavy atom. The van der Waals surface area contributed by atoms with Crippen LogP contribution in [-0.4, -0.2) is 12.7 Å². The van der Waals surface area contributed by atoms with E-state index in [0.29, 0.717) is 0 Å². The summed E-state index contributed by atoms with van der Waals surface area (Å²) in [7, 11) is 1.66. The molecule has 0 aromatic heterocycles. The summed E-state index contributed by atoms with van der Waals surface area (Å²) in [4.78, 5) is 0. The number of hydrogen-bond donors (Lipinski definition) is 0. The van der Waals surface area contributed by atoms with Gasteiger partial charge in [-0.3, -0.25) is 0 Å². The highest BCUT2D eigenvalue weighted by atomic mass is 35.5. The molecule has 110 valence electrons.